The third kappa shape index (κ3) is 2.37. The number of hydrogen-bond acceptors (Lipinski definition) is 2. The molecule has 0 atom stereocenters. The average molecular weight is 333 g/mol. The minimum absolute atomic E-state index is 0.000237. The minimum Gasteiger partial charge on any atom is -0.345 e. The smallest absolute Gasteiger partial charge is 0.268 e. The molecule has 4 bridgehead atoms. The maximum absolute atomic E-state index is 13.2. The van der Waals surface area contributed by atoms with Gasteiger partial charge < -0.3 is 9.88 Å². The van der Waals surface area contributed by atoms with E-state index in [0.717, 1.165) is 47.9 Å². The summed E-state index contributed by atoms with van der Waals surface area (Å²) in [4.78, 5) is 13.2. The number of rotatable bonds is 3. The zero-order valence-electron chi connectivity index (χ0n) is 14.4. The molecule has 0 radical (unpaired) electrons. The van der Waals surface area contributed by atoms with E-state index < -0.39 is 0 Å². The molecule has 1 aromatic carbocycles. The Hall–Kier alpha value is -2.28. The van der Waals surface area contributed by atoms with Crippen LogP contribution in [0.15, 0.2) is 30.3 Å². The van der Waals surface area contributed by atoms with E-state index in [1.807, 2.05) is 34.9 Å². The van der Waals surface area contributed by atoms with Gasteiger partial charge in [0.25, 0.3) is 5.91 Å². The largest absolute Gasteiger partial charge is 0.345 e. The molecule has 0 saturated heterocycles. The van der Waals surface area contributed by atoms with Crippen LogP contribution in [0.4, 0.5) is 0 Å². The molecular formula is C21H23N3O. The molecule has 1 aromatic heterocycles. The van der Waals surface area contributed by atoms with Crippen LogP contribution in [0.2, 0.25) is 0 Å². The van der Waals surface area contributed by atoms with Crippen LogP contribution in [0.3, 0.4) is 0 Å². The van der Waals surface area contributed by atoms with Gasteiger partial charge in [-0.25, -0.2) is 0 Å². The predicted molar refractivity (Wildman–Crippen MR) is 95.9 cm³/mol. The van der Waals surface area contributed by atoms with Crippen molar-refractivity contribution in [2.45, 2.75) is 50.6 Å². The molecule has 0 aliphatic heterocycles. The molecule has 4 saturated carbocycles. The first-order chi connectivity index (χ1) is 12.2. The summed E-state index contributed by atoms with van der Waals surface area (Å²) in [6.45, 7) is 0.205. The maximum Gasteiger partial charge on any atom is 0.268 e. The van der Waals surface area contributed by atoms with Crippen LogP contribution in [0.5, 0.6) is 0 Å². The second-order valence-electron chi connectivity index (χ2n) is 8.48. The Bertz CT molecular complexity index is 853. The van der Waals surface area contributed by atoms with Crippen molar-refractivity contribution in [1.29, 1.82) is 5.26 Å². The van der Waals surface area contributed by atoms with Crippen LogP contribution < -0.4 is 5.32 Å². The van der Waals surface area contributed by atoms with Crippen molar-refractivity contribution in [1.82, 2.24) is 9.88 Å². The van der Waals surface area contributed by atoms with Gasteiger partial charge in [-0.3, -0.25) is 4.79 Å². The Labute approximate surface area is 147 Å². The fourth-order valence-corrected chi connectivity index (χ4v) is 6.21. The van der Waals surface area contributed by atoms with Crippen LogP contribution in [0.1, 0.15) is 49.0 Å². The van der Waals surface area contributed by atoms with E-state index in [0.29, 0.717) is 5.69 Å². The van der Waals surface area contributed by atoms with Crippen molar-refractivity contribution in [2.75, 3.05) is 0 Å². The molecule has 6 rings (SSSR count). The Morgan fingerprint density at radius 2 is 1.80 bits per heavy atom. The standard InChI is InChI=1S/C21H23N3O/c22-5-6-24-18-4-2-1-3-17(18)10-19(24)20(25)23-21-11-14-7-15(12-21)9-16(8-14)13-21/h1-4,10,14-16H,6-9,11-13H2,(H,23,25). The number of nitrogens with one attached hydrogen (secondary N) is 1. The minimum atomic E-state index is -0.00611. The van der Waals surface area contributed by atoms with E-state index >= 15 is 0 Å². The molecule has 0 unspecified atom stereocenters. The first-order valence-electron chi connectivity index (χ1n) is 9.43. The first kappa shape index (κ1) is 15.0. The van der Waals surface area contributed by atoms with Crippen molar-refractivity contribution in [3.05, 3.63) is 36.0 Å². The summed E-state index contributed by atoms with van der Waals surface area (Å²) in [5.41, 5.74) is 1.58. The van der Waals surface area contributed by atoms with Gasteiger partial charge in [-0.1, -0.05) is 18.2 Å². The van der Waals surface area contributed by atoms with Crippen molar-refractivity contribution >= 4 is 16.8 Å². The highest BCUT2D eigenvalue weighted by atomic mass is 16.2. The highest BCUT2D eigenvalue weighted by molar-refractivity contribution is 5.99. The summed E-state index contributed by atoms with van der Waals surface area (Å²) >= 11 is 0. The van der Waals surface area contributed by atoms with Crippen LogP contribution in [-0.4, -0.2) is 16.0 Å². The lowest BCUT2D eigenvalue weighted by atomic mass is 9.53. The fraction of sp³-hybridized carbons (Fsp3) is 0.524. The lowest BCUT2D eigenvalue weighted by Crippen LogP contribution is -2.60. The molecule has 4 nitrogen and oxygen atoms in total. The molecule has 4 aliphatic carbocycles. The Balaban J connectivity index is 1.48. The van der Waals surface area contributed by atoms with Gasteiger partial charge in [-0.2, -0.15) is 5.26 Å². The van der Waals surface area contributed by atoms with Crippen LogP contribution in [0, 0.1) is 29.1 Å². The van der Waals surface area contributed by atoms with Gasteiger partial charge in [-0.05, 0) is 68.4 Å². The van der Waals surface area contributed by atoms with E-state index in [2.05, 4.69) is 11.4 Å². The van der Waals surface area contributed by atoms with E-state index in [-0.39, 0.29) is 18.0 Å². The fourth-order valence-electron chi connectivity index (χ4n) is 6.21. The molecule has 1 heterocycles. The Kier molecular flexibility index (Phi) is 3.22. The third-order valence-electron chi connectivity index (χ3n) is 6.69. The molecule has 0 spiro atoms. The predicted octanol–water partition coefficient (Wildman–Crippen LogP) is 3.86. The molecular weight excluding hydrogens is 310 g/mol. The van der Waals surface area contributed by atoms with Gasteiger partial charge in [0.15, 0.2) is 0 Å². The number of carbonyl (C=O) groups excluding carboxylic acids is 1. The zero-order chi connectivity index (χ0) is 17.0. The number of benzene rings is 1. The summed E-state index contributed by atoms with van der Waals surface area (Å²) in [6.07, 6.45) is 7.52. The maximum atomic E-state index is 13.2. The van der Waals surface area contributed by atoms with Crippen LogP contribution in [-0.2, 0) is 6.54 Å². The number of para-hydroxylation sites is 1. The van der Waals surface area contributed by atoms with Crippen molar-refractivity contribution in [3.63, 3.8) is 0 Å². The molecule has 4 heteroatoms. The Morgan fingerprint density at radius 1 is 1.16 bits per heavy atom. The summed E-state index contributed by atoms with van der Waals surface area (Å²) in [5, 5.41) is 13.7. The van der Waals surface area contributed by atoms with Crippen molar-refractivity contribution in [2.24, 2.45) is 17.8 Å². The van der Waals surface area contributed by atoms with Gasteiger partial charge in [0, 0.05) is 16.4 Å². The summed E-state index contributed by atoms with van der Waals surface area (Å²) < 4.78 is 1.85. The summed E-state index contributed by atoms with van der Waals surface area (Å²) in [5.74, 6) is 2.40. The lowest BCUT2D eigenvalue weighted by Gasteiger charge is -2.56. The number of aromatic nitrogens is 1. The second kappa shape index (κ2) is 5.36. The van der Waals surface area contributed by atoms with Crippen molar-refractivity contribution < 1.29 is 4.79 Å². The van der Waals surface area contributed by atoms with Crippen molar-refractivity contribution in [3.8, 4) is 6.07 Å². The van der Waals surface area contributed by atoms with Crippen LogP contribution in [0.25, 0.3) is 10.9 Å². The second-order valence-corrected chi connectivity index (χ2v) is 8.48. The molecule has 4 aliphatic rings. The summed E-state index contributed by atoms with van der Waals surface area (Å²) in [6, 6.07) is 12.0. The van der Waals surface area contributed by atoms with Gasteiger partial charge >= 0.3 is 0 Å². The molecule has 25 heavy (non-hydrogen) atoms. The molecule has 4 fully saturated rings. The van der Waals surface area contributed by atoms with Gasteiger partial charge in [0.05, 0.1) is 6.07 Å². The highest BCUT2D eigenvalue weighted by Crippen LogP contribution is 2.55. The molecule has 128 valence electrons. The number of nitrogens with zero attached hydrogens (tertiary/aromatic N) is 2. The quantitative estimate of drug-likeness (QED) is 0.927. The number of nitriles is 1. The first-order valence-corrected chi connectivity index (χ1v) is 9.43. The van der Waals surface area contributed by atoms with E-state index in [4.69, 9.17) is 0 Å². The molecule has 1 N–H and O–H groups in total. The van der Waals surface area contributed by atoms with E-state index in [1.165, 1.54) is 19.3 Å². The number of fused-ring (bicyclic) bond motifs is 1. The monoisotopic (exact) mass is 333 g/mol. The number of hydrogen-bond donors (Lipinski definition) is 1. The summed E-state index contributed by atoms with van der Waals surface area (Å²) in [7, 11) is 0. The Morgan fingerprint density at radius 3 is 2.44 bits per heavy atom. The van der Waals surface area contributed by atoms with Gasteiger partial charge in [0.1, 0.15) is 12.2 Å². The van der Waals surface area contributed by atoms with E-state index in [9.17, 15) is 10.1 Å². The number of carbonyl (C=O) groups is 1. The zero-order valence-corrected chi connectivity index (χ0v) is 14.4. The van der Waals surface area contributed by atoms with Gasteiger partial charge in [0.2, 0.25) is 0 Å². The van der Waals surface area contributed by atoms with Gasteiger partial charge in [-0.15, -0.1) is 0 Å². The topological polar surface area (TPSA) is 57.8 Å². The van der Waals surface area contributed by atoms with Crippen LogP contribution >= 0.6 is 0 Å². The lowest BCUT2D eigenvalue weighted by molar-refractivity contribution is -0.0168. The SMILES string of the molecule is N#CCn1c(C(=O)NC23CC4CC(CC(C4)C2)C3)cc2ccccc21. The molecule has 1 amide bonds. The highest BCUT2D eigenvalue weighted by Gasteiger charge is 2.51. The normalized spacial score (nSPS) is 32.7. The van der Waals surface area contributed by atoms with E-state index in [1.54, 1.807) is 0 Å². The third-order valence-corrected chi connectivity index (χ3v) is 6.69. The number of amides is 1. The average Bonchev–Trinajstić information content (AvgIpc) is 2.93. The molecule has 2 aromatic rings.